The molecule has 1 aliphatic rings. The first kappa shape index (κ1) is 10.2. The van der Waals surface area contributed by atoms with Gasteiger partial charge in [0, 0.05) is 13.1 Å². The van der Waals surface area contributed by atoms with E-state index in [9.17, 15) is 4.79 Å². The lowest BCUT2D eigenvalue weighted by atomic mass is 9.82. The summed E-state index contributed by atoms with van der Waals surface area (Å²) in [5, 5.41) is 0. The summed E-state index contributed by atoms with van der Waals surface area (Å²) in [6.07, 6.45) is 1.15. The molecule has 1 amide bonds. The standard InChI is InChI=1S/C13H17NO/c1-13(2,11-7-4-3-5-8-11)12(15)14-9-6-10-14/h3-5,7-8H,6,9-10H2,1-2H3. The number of hydrogen-bond donors (Lipinski definition) is 0. The van der Waals surface area contributed by atoms with Gasteiger partial charge < -0.3 is 4.90 Å². The average molecular weight is 203 g/mol. The van der Waals surface area contributed by atoms with E-state index in [1.54, 1.807) is 0 Å². The van der Waals surface area contributed by atoms with Gasteiger partial charge in [-0.25, -0.2) is 0 Å². The van der Waals surface area contributed by atoms with E-state index in [2.05, 4.69) is 0 Å². The zero-order chi connectivity index (χ0) is 10.9. The maximum absolute atomic E-state index is 12.2. The number of benzene rings is 1. The fourth-order valence-corrected chi connectivity index (χ4v) is 1.89. The van der Waals surface area contributed by atoms with E-state index in [0.29, 0.717) is 0 Å². The van der Waals surface area contributed by atoms with E-state index < -0.39 is 0 Å². The Morgan fingerprint density at radius 2 is 1.80 bits per heavy atom. The van der Waals surface area contributed by atoms with Crippen LogP contribution < -0.4 is 0 Å². The molecule has 1 aromatic rings. The van der Waals surface area contributed by atoms with Gasteiger partial charge in [0.1, 0.15) is 0 Å². The third-order valence-electron chi connectivity index (χ3n) is 3.17. The topological polar surface area (TPSA) is 20.3 Å². The van der Waals surface area contributed by atoms with Crippen LogP contribution in [0.2, 0.25) is 0 Å². The first-order valence-electron chi connectivity index (χ1n) is 5.47. The summed E-state index contributed by atoms with van der Waals surface area (Å²) in [6.45, 7) is 5.86. The first-order valence-corrected chi connectivity index (χ1v) is 5.47. The smallest absolute Gasteiger partial charge is 0.232 e. The molecule has 0 bridgehead atoms. The molecule has 0 saturated carbocycles. The van der Waals surface area contributed by atoms with Gasteiger partial charge >= 0.3 is 0 Å². The molecule has 1 heterocycles. The van der Waals surface area contributed by atoms with E-state index in [1.165, 1.54) is 0 Å². The van der Waals surface area contributed by atoms with E-state index in [-0.39, 0.29) is 11.3 Å². The molecule has 0 spiro atoms. The van der Waals surface area contributed by atoms with Gasteiger partial charge in [0.05, 0.1) is 5.41 Å². The van der Waals surface area contributed by atoms with Crippen LogP contribution in [0.5, 0.6) is 0 Å². The second-order valence-electron chi connectivity index (χ2n) is 4.64. The SMILES string of the molecule is CC(C)(C(=O)N1CCC1)c1ccccc1. The van der Waals surface area contributed by atoms with Crippen molar-refractivity contribution in [3.63, 3.8) is 0 Å². The van der Waals surface area contributed by atoms with Gasteiger partial charge in [-0.1, -0.05) is 30.3 Å². The molecule has 0 atom stereocenters. The molecular formula is C13H17NO. The normalized spacial score (nSPS) is 16.0. The van der Waals surface area contributed by atoms with Crippen molar-refractivity contribution < 1.29 is 4.79 Å². The summed E-state index contributed by atoms with van der Waals surface area (Å²) in [4.78, 5) is 14.1. The fraction of sp³-hybridized carbons (Fsp3) is 0.462. The van der Waals surface area contributed by atoms with E-state index >= 15 is 0 Å². The number of carbonyl (C=O) groups is 1. The Labute approximate surface area is 90.9 Å². The van der Waals surface area contributed by atoms with Crippen LogP contribution in [0, 0.1) is 0 Å². The summed E-state index contributed by atoms with van der Waals surface area (Å²) < 4.78 is 0. The van der Waals surface area contributed by atoms with Crippen molar-refractivity contribution in [1.29, 1.82) is 0 Å². The largest absolute Gasteiger partial charge is 0.342 e. The number of nitrogens with zero attached hydrogens (tertiary/aromatic N) is 1. The third kappa shape index (κ3) is 1.76. The number of carbonyl (C=O) groups excluding carboxylic acids is 1. The predicted molar refractivity (Wildman–Crippen MR) is 60.7 cm³/mol. The highest BCUT2D eigenvalue weighted by atomic mass is 16.2. The monoisotopic (exact) mass is 203 g/mol. The maximum Gasteiger partial charge on any atom is 0.232 e. The van der Waals surface area contributed by atoms with Crippen molar-refractivity contribution in [3.05, 3.63) is 35.9 Å². The van der Waals surface area contributed by atoms with Crippen molar-refractivity contribution in [2.75, 3.05) is 13.1 Å². The Bertz CT molecular complexity index is 352. The van der Waals surface area contributed by atoms with Crippen molar-refractivity contribution >= 4 is 5.91 Å². The minimum Gasteiger partial charge on any atom is -0.342 e. The molecular weight excluding hydrogens is 186 g/mol. The molecule has 1 aromatic carbocycles. The minimum absolute atomic E-state index is 0.250. The van der Waals surface area contributed by atoms with Gasteiger partial charge in [0.2, 0.25) is 5.91 Å². The second kappa shape index (κ2) is 3.69. The van der Waals surface area contributed by atoms with Crippen molar-refractivity contribution in [2.45, 2.75) is 25.7 Å². The zero-order valence-corrected chi connectivity index (χ0v) is 9.36. The van der Waals surface area contributed by atoms with E-state index in [1.807, 2.05) is 49.1 Å². The Hall–Kier alpha value is -1.31. The van der Waals surface area contributed by atoms with Gasteiger partial charge in [-0.15, -0.1) is 0 Å². The van der Waals surface area contributed by atoms with Crippen molar-refractivity contribution in [2.24, 2.45) is 0 Å². The van der Waals surface area contributed by atoms with Crippen LogP contribution in [-0.2, 0) is 10.2 Å². The number of amides is 1. The lowest BCUT2D eigenvalue weighted by Gasteiger charge is -2.37. The molecule has 1 fully saturated rings. The Kier molecular flexibility index (Phi) is 2.51. The predicted octanol–water partition coefficient (Wildman–Crippen LogP) is 2.20. The molecule has 0 N–H and O–H groups in total. The summed E-state index contributed by atoms with van der Waals surface area (Å²) >= 11 is 0. The van der Waals surface area contributed by atoms with Crippen LogP contribution in [-0.4, -0.2) is 23.9 Å². The first-order chi connectivity index (χ1) is 7.12. The lowest BCUT2D eigenvalue weighted by molar-refractivity contribution is -0.139. The van der Waals surface area contributed by atoms with Gasteiger partial charge in [-0.05, 0) is 25.8 Å². The molecule has 1 saturated heterocycles. The number of likely N-dealkylation sites (tertiary alicyclic amines) is 1. The molecule has 2 rings (SSSR count). The maximum atomic E-state index is 12.2. The van der Waals surface area contributed by atoms with Crippen molar-refractivity contribution in [1.82, 2.24) is 4.90 Å². The average Bonchev–Trinajstić information content (AvgIpc) is 2.16. The summed E-state index contributed by atoms with van der Waals surface area (Å²) in [5.74, 6) is 0.250. The molecule has 15 heavy (non-hydrogen) atoms. The van der Waals surface area contributed by atoms with Crippen LogP contribution in [0.25, 0.3) is 0 Å². The quantitative estimate of drug-likeness (QED) is 0.721. The third-order valence-corrected chi connectivity index (χ3v) is 3.17. The van der Waals surface area contributed by atoms with Gasteiger partial charge in [0.15, 0.2) is 0 Å². The minimum atomic E-state index is -0.387. The Balaban J connectivity index is 2.22. The molecule has 1 aliphatic heterocycles. The van der Waals surface area contributed by atoms with Gasteiger partial charge in [-0.3, -0.25) is 4.79 Å². The summed E-state index contributed by atoms with van der Waals surface area (Å²) in [5.41, 5.74) is 0.712. The number of rotatable bonds is 2. The molecule has 0 aliphatic carbocycles. The van der Waals surface area contributed by atoms with Crippen LogP contribution in [0.1, 0.15) is 25.8 Å². The van der Waals surface area contributed by atoms with Gasteiger partial charge in [0.25, 0.3) is 0 Å². The van der Waals surface area contributed by atoms with Crippen LogP contribution in [0.3, 0.4) is 0 Å². The summed E-state index contributed by atoms with van der Waals surface area (Å²) in [7, 11) is 0. The molecule has 80 valence electrons. The molecule has 2 heteroatoms. The fourth-order valence-electron chi connectivity index (χ4n) is 1.89. The molecule has 0 aromatic heterocycles. The van der Waals surface area contributed by atoms with Gasteiger partial charge in [-0.2, -0.15) is 0 Å². The second-order valence-corrected chi connectivity index (χ2v) is 4.64. The van der Waals surface area contributed by atoms with Crippen LogP contribution >= 0.6 is 0 Å². The van der Waals surface area contributed by atoms with E-state index in [0.717, 1.165) is 25.1 Å². The zero-order valence-electron chi connectivity index (χ0n) is 9.36. The lowest BCUT2D eigenvalue weighted by Crippen LogP contribution is -2.50. The van der Waals surface area contributed by atoms with E-state index in [4.69, 9.17) is 0 Å². The molecule has 0 radical (unpaired) electrons. The molecule has 2 nitrogen and oxygen atoms in total. The highest BCUT2D eigenvalue weighted by Crippen LogP contribution is 2.27. The number of hydrogen-bond acceptors (Lipinski definition) is 1. The van der Waals surface area contributed by atoms with Crippen molar-refractivity contribution in [3.8, 4) is 0 Å². The molecule has 0 unspecified atom stereocenters. The van der Waals surface area contributed by atoms with Crippen LogP contribution in [0.4, 0.5) is 0 Å². The Morgan fingerprint density at radius 1 is 1.20 bits per heavy atom. The summed E-state index contributed by atoms with van der Waals surface area (Å²) in [6, 6.07) is 10.0. The highest BCUT2D eigenvalue weighted by Gasteiger charge is 2.35. The van der Waals surface area contributed by atoms with Crippen LogP contribution in [0.15, 0.2) is 30.3 Å². The Morgan fingerprint density at radius 3 is 2.27 bits per heavy atom. The highest BCUT2D eigenvalue weighted by molar-refractivity contribution is 5.87.